The number of allylic oxidation sites excluding steroid dienone is 4. The number of pyridine rings is 3. The van der Waals surface area contributed by atoms with Crippen LogP contribution in [-0.2, 0) is 0 Å². The summed E-state index contributed by atoms with van der Waals surface area (Å²) in [6.07, 6.45) is 12.9. The van der Waals surface area contributed by atoms with Gasteiger partial charge in [0, 0.05) is 35.3 Å². The second kappa shape index (κ2) is 12.6. The molecule has 0 N–H and O–H groups in total. The molecular weight excluding hydrogens is 667 g/mol. The number of para-hydroxylation sites is 2. The predicted octanol–water partition coefficient (Wildman–Crippen LogP) is 9.96. The number of hydrogen-bond acceptors (Lipinski definition) is 6. The number of nitrogens with zero attached hydrogens (tertiary/aromatic N) is 9. The fourth-order valence-corrected chi connectivity index (χ4v) is 7.77. The van der Waals surface area contributed by atoms with Crippen LogP contribution >= 0.6 is 0 Å². The average molecular weight is 702 g/mol. The Morgan fingerprint density at radius 3 is 1.50 bits per heavy atom. The average Bonchev–Trinajstić information content (AvgIpc) is 3.91. The Hall–Kier alpha value is -7.00. The second-order valence-corrected chi connectivity index (χ2v) is 13.8. The van der Waals surface area contributed by atoms with Crippen molar-refractivity contribution in [3.63, 3.8) is 0 Å². The largest absolute Gasteiger partial charge is 0.301 e. The zero-order chi connectivity index (χ0) is 36.3. The molecule has 0 aliphatic heterocycles. The first-order valence-electron chi connectivity index (χ1n) is 18.1. The summed E-state index contributed by atoms with van der Waals surface area (Å²) in [7, 11) is 0. The normalized spacial score (nSPS) is 14.4. The number of imidazole rings is 3. The minimum atomic E-state index is 0.0542. The maximum atomic E-state index is 5.31. The molecule has 1 aliphatic carbocycles. The lowest BCUT2D eigenvalue weighted by molar-refractivity contribution is 0.592. The van der Waals surface area contributed by atoms with Crippen LogP contribution in [-0.4, -0.2) is 43.6 Å². The van der Waals surface area contributed by atoms with Crippen molar-refractivity contribution in [2.75, 3.05) is 0 Å². The van der Waals surface area contributed by atoms with E-state index in [1.165, 1.54) is 5.57 Å². The van der Waals surface area contributed by atoms with Gasteiger partial charge in [-0.25, -0.2) is 29.9 Å². The zero-order valence-electron chi connectivity index (χ0n) is 30.1. The van der Waals surface area contributed by atoms with Gasteiger partial charge in [-0.2, -0.15) is 0 Å². The van der Waals surface area contributed by atoms with Crippen molar-refractivity contribution in [1.29, 1.82) is 0 Å². The van der Waals surface area contributed by atoms with Crippen LogP contribution in [0.4, 0.5) is 0 Å². The maximum absolute atomic E-state index is 5.31. The van der Waals surface area contributed by atoms with Gasteiger partial charge in [0.1, 0.15) is 34.0 Å². The van der Waals surface area contributed by atoms with Crippen molar-refractivity contribution in [3.8, 4) is 45.5 Å². The smallest absolute Gasteiger partial charge is 0.164 e. The highest BCUT2D eigenvalue weighted by Crippen LogP contribution is 2.40. The van der Waals surface area contributed by atoms with Gasteiger partial charge in [-0.3, -0.25) is 9.13 Å². The molecule has 1 unspecified atom stereocenters. The van der Waals surface area contributed by atoms with Crippen molar-refractivity contribution in [3.05, 3.63) is 157 Å². The molecule has 10 rings (SSSR count). The summed E-state index contributed by atoms with van der Waals surface area (Å²) >= 11 is 0. The second-order valence-electron chi connectivity index (χ2n) is 13.8. The summed E-state index contributed by atoms with van der Waals surface area (Å²) in [6.45, 7) is 6.43. The molecule has 1 atom stereocenters. The molecule has 0 amide bonds. The predicted molar refractivity (Wildman–Crippen MR) is 215 cm³/mol. The third-order valence-electron chi connectivity index (χ3n) is 10.4. The van der Waals surface area contributed by atoms with Crippen LogP contribution in [0.3, 0.4) is 0 Å². The number of fused-ring (bicyclic) bond motifs is 3. The molecule has 0 saturated heterocycles. The SMILES string of the molecule is CC1=CC=CCC1n1c(-c2cc(-c3nc4cccnc4n3-c3ccccc3C)cc(-c3nc4cccnc4n3-c3ccccc3C)c2)nc2cccnc21. The number of aromatic nitrogens is 9. The molecule has 9 nitrogen and oxygen atoms in total. The summed E-state index contributed by atoms with van der Waals surface area (Å²) in [5.74, 6) is 2.37. The molecule has 6 heterocycles. The fraction of sp³-hybridized carbons (Fsp3) is 0.111. The Morgan fingerprint density at radius 2 is 0.981 bits per heavy atom. The first kappa shape index (κ1) is 31.7. The number of benzene rings is 3. The van der Waals surface area contributed by atoms with Gasteiger partial charge in [0.2, 0.25) is 0 Å². The first-order valence-corrected chi connectivity index (χ1v) is 18.1. The Labute approximate surface area is 311 Å². The minimum absolute atomic E-state index is 0.0542. The lowest BCUT2D eigenvalue weighted by Gasteiger charge is -2.23. The minimum Gasteiger partial charge on any atom is -0.301 e. The molecule has 9 aromatic rings. The summed E-state index contributed by atoms with van der Waals surface area (Å²) in [5, 5.41) is 0. The summed E-state index contributed by atoms with van der Waals surface area (Å²) < 4.78 is 6.64. The van der Waals surface area contributed by atoms with Crippen molar-refractivity contribution in [2.45, 2.75) is 33.2 Å². The molecule has 0 radical (unpaired) electrons. The van der Waals surface area contributed by atoms with E-state index in [0.29, 0.717) is 0 Å². The third-order valence-corrected chi connectivity index (χ3v) is 10.4. The van der Waals surface area contributed by atoms with Gasteiger partial charge in [0.15, 0.2) is 16.9 Å². The standard InChI is InChI=1S/C45H35N9/c1-28-13-4-7-19-37(28)52-40(49-34-16-10-22-46-43(34)52)31-25-32(41-50-35-17-11-23-47-44(35)53(41)38-20-8-5-14-29(38)2)27-33(26-31)42-51-36-18-12-24-48-45(36)54(42)39-21-9-6-15-30(39)3/h4-20,22-27,39H,21H2,1-3H3. The molecule has 0 bridgehead atoms. The Kier molecular flexibility index (Phi) is 7.40. The van der Waals surface area contributed by atoms with Gasteiger partial charge in [0.25, 0.3) is 0 Å². The van der Waals surface area contributed by atoms with E-state index in [2.05, 4.69) is 119 Å². The molecule has 0 saturated carbocycles. The molecule has 0 spiro atoms. The number of rotatable bonds is 6. The van der Waals surface area contributed by atoms with E-state index in [4.69, 9.17) is 29.9 Å². The van der Waals surface area contributed by atoms with E-state index in [1.54, 1.807) is 0 Å². The molecule has 54 heavy (non-hydrogen) atoms. The molecule has 3 aromatic carbocycles. The van der Waals surface area contributed by atoms with Crippen LogP contribution in [0.5, 0.6) is 0 Å². The molecular formula is C45H35N9. The van der Waals surface area contributed by atoms with Crippen LogP contribution < -0.4 is 0 Å². The number of aryl methyl sites for hydroxylation is 2. The van der Waals surface area contributed by atoms with Crippen LogP contribution in [0.2, 0.25) is 0 Å². The third kappa shape index (κ3) is 5.08. The Bertz CT molecular complexity index is 2830. The van der Waals surface area contributed by atoms with Crippen LogP contribution in [0.15, 0.2) is 146 Å². The van der Waals surface area contributed by atoms with Gasteiger partial charge in [-0.15, -0.1) is 0 Å². The number of hydrogen-bond donors (Lipinski definition) is 0. The van der Waals surface area contributed by atoms with Crippen molar-refractivity contribution >= 4 is 33.5 Å². The maximum Gasteiger partial charge on any atom is 0.164 e. The highest BCUT2D eigenvalue weighted by molar-refractivity contribution is 5.87. The van der Waals surface area contributed by atoms with Gasteiger partial charge in [0.05, 0.1) is 17.4 Å². The van der Waals surface area contributed by atoms with Crippen molar-refractivity contribution in [2.24, 2.45) is 0 Å². The zero-order valence-corrected chi connectivity index (χ0v) is 30.1. The molecule has 0 fully saturated rings. The summed E-state index contributed by atoms with van der Waals surface area (Å²) in [5.41, 5.74) is 13.1. The Balaban J connectivity index is 1.31. The monoisotopic (exact) mass is 701 g/mol. The highest BCUT2D eigenvalue weighted by atomic mass is 15.2. The van der Waals surface area contributed by atoms with E-state index >= 15 is 0 Å². The topological polar surface area (TPSA) is 92.1 Å². The van der Waals surface area contributed by atoms with Gasteiger partial charge in [-0.1, -0.05) is 60.2 Å². The van der Waals surface area contributed by atoms with Crippen molar-refractivity contribution in [1.82, 2.24) is 43.6 Å². The summed E-state index contributed by atoms with van der Waals surface area (Å²) in [6, 6.07) is 35.3. The van der Waals surface area contributed by atoms with Crippen molar-refractivity contribution < 1.29 is 0 Å². The molecule has 6 aromatic heterocycles. The van der Waals surface area contributed by atoms with Gasteiger partial charge < -0.3 is 4.57 Å². The fourth-order valence-electron chi connectivity index (χ4n) is 7.77. The molecule has 260 valence electrons. The van der Waals surface area contributed by atoms with Gasteiger partial charge in [-0.05, 0) is 105 Å². The summed E-state index contributed by atoms with van der Waals surface area (Å²) in [4.78, 5) is 30.4. The van der Waals surface area contributed by atoms with Crippen LogP contribution in [0.25, 0.3) is 79.0 Å². The molecule has 9 heteroatoms. The van der Waals surface area contributed by atoms with Gasteiger partial charge >= 0.3 is 0 Å². The lowest BCUT2D eigenvalue weighted by Crippen LogP contribution is -2.13. The highest BCUT2D eigenvalue weighted by Gasteiger charge is 2.26. The molecule has 1 aliphatic rings. The first-order chi connectivity index (χ1) is 26.5. The van der Waals surface area contributed by atoms with E-state index in [-0.39, 0.29) is 6.04 Å². The van der Waals surface area contributed by atoms with Crippen LogP contribution in [0, 0.1) is 13.8 Å². The van der Waals surface area contributed by atoms with E-state index in [1.807, 2.05) is 55.0 Å². The quantitative estimate of drug-likeness (QED) is 0.171. The van der Waals surface area contributed by atoms with Crippen LogP contribution in [0.1, 0.15) is 30.5 Å². The Morgan fingerprint density at radius 1 is 0.519 bits per heavy atom. The van der Waals surface area contributed by atoms with E-state index in [0.717, 1.165) is 96.6 Å². The van der Waals surface area contributed by atoms with E-state index in [9.17, 15) is 0 Å². The lowest BCUT2D eigenvalue weighted by atomic mass is 9.99. The van der Waals surface area contributed by atoms with E-state index < -0.39 is 0 Å².